The summed E-state index contributed by atoms with van der Waals surface area (Å²) in [4.78, 5) is 4.24. The van der Waals surface area contributed by atoms with Crippen molar-refractivity contribution in [1.82, 2.24) is 4.98 Å². The van der Waals surface area contributed by atoms with E-state index in [1.165, 1.54) is 10.9 Å². The van der Waals surface area contributed by atoms with Gasteiger partial charge in [0.1, 0.15) is 0 Å². The van der Waals surface area contributed by atoms with Gasteiger partial charge in [0.05, 0.1) is 5.52 Å². The van der Waals surface area contributed by atoms with Gasteiger partial charge in [-0.05, 0) is 24.6 Å². The third kappa shape index (κ3) is 14.8. The van der Waals surface area contributed by atoms with E-state index in [0.29, 0.717) is 0 Å². The van der Waals surface area contributed by atoms with Gasteiger partial charge in [0.15, 0.2) is 0 Å². The maximum absolute atomic E-state index is 4.24. The van der Waals surface area contributed by atoms with E-state index in [-0.39, 0.29) is 0 Å². The molecule has 0 spiro atoms. The molecule has 0 aliphatic heterocycles. The predicted octanol–water partition coefficient (Wildman–Crippen LogP) is 7.67. The molecule has 0 saturated heterocycles. The number of rotatable bonds is 0. The fourth-order valence-corrected chi connectivity index (χ4v) is 1.18. The Morgan fingerprint density at radius 1 is 0.667 bits per heavy atom. The van der Waals surface area contributed by atoms with Crippen LogP contribution in [0, 0.1) is 6.92 Å². The number of benzene rings is 1. The molecule has 0 aliphatic carbocycles. The zero-order chi connectivity index (χ0) is 17.7. The minimum absolute atomic E-state index is 1.08. The highest BCUT2D eigenvalue weighted by Gasteiger charge is 1.90. The quantitative estimate of drug-likeness (QED) is 0.485. The van der Waals surface area contributed by atoms with Gasteiger partial charge in [-0.25, -0.2) is 0 Å². The van der Waals surface area contributed by atoms with E-state index in [1.807, 2.05) is 81.5 Å². The Morgan fingerprint density at radius 3 is 1.62 bits per heavy atom. The van der Waals surface area contributed by atoms with Crippen molar-refractivity contribution in [3.05, 3.63) is 42.1 Å². The standard InChI is InChI=1S/C10H9N.5C2H6/c1-8-4-5-9-3-2-6-11-10(9)7-8;5*1-2/h2-7H,1H3;5*1-2H3. The molecule has 1 aromatic heterocycles. The highest BCUT2D eigenvalue weighted by molar-refractivity contribution is 5.78. The van der Waals surface area contributed by atoms with Gasteiger partial charge in [-0.2, -0.15) is 0 Å². The van der Waals surface area contributed by atoms with Gasteiger partial charge in [0.2, 0.25) is 0 Å². The highest BCUT2D eigenvalue weighted by Crippen LogP contribution is 2.11. The Hall–Kier alpha value is -1.37. The van der Waals surface area contributed by atoms with Crippen molar-refractivity contribution in [2.24, 2.45) is 0 Å². The van der Waals surface area contributed by atoms with Crippen LogP contribution in [0.5, 0.6) is 0 Å². The topological polar surface area (TPSA) is 12.9 Å². The number of hydrogen-bond donors (Lipinski definition) is 0. The second kappa shape index (κ2) is 27.1. The Morgan fingerprint density at radius 2 is 1.14 bits per heavy atom. The largest absolute Gasteiger partial charge is 0.256 e. The fourth-order valence-electron chi connectivity index (χ4n) is 1.18. The average molecular weight is 294 g/mol. The van der Waals surface area contributed by atoms with Crippen LogP contribution in [-0.4, -0.2) is 4.98 Å². The lowest BCUT2D eigenvalue weighted by Crippen LogP contribution is -1.77. The number of pyridine rings is 1. The molecule has 1 heteroatoms. The van der Waals surface area contributed by atoms with Gasteiger partial charge in [-0.15, -0.1) is 0 Å². The molecule has 0 fully saturated rings. The first-order valence-electron chi connectivity index (χ1n) is 8.68. The van der Waals surface area contributed by atoms with E-state index >= 15 is 0 Å². The maximum atomic E-state index is 4.24. The lowest BCUT2D eigenvalue weighted by molar-refractivity contribution is 1.39. The van der Waals surface area contributed by atoms with Gasteiger partial charge in [0.25, 0.3) is 0 Å². The second-order valence-electron chi connectivity index (χ2n) is 2.70. The molecule has 1 heterocycles. The third-order valence-electron chi connectivity index (χ3n) is 1.76. The zero-order valence-corrected chi connectivity index (χ0v) is 16.4. The summed E-state index contributed by atoms with van der Waals surface area (Å²) in [6.45, 7) is 22.1. The fraction of sp³-hybridized carbons (Fsp3) is 0.550. The molecule has 0 aliphatic rings. The first kappa shape index (κ1) is 27.9. The number of hydrogen-bond acceptors (Lipinski definition) is 1. The smallest absolute Gasteiger partial charge is 0.0704 e. The molecule has 0 atom stereocenters. The molecular weight excluding hydrogens is 254 g/mol. The molecule has 0 unspecified atom stereocenters. The summed E-state index contributed by atoms with van der Waals surface area (Å²) in [5, 5.41) is 1.21. The van der Waals surface area contributed by atoms with E-state index < -0.39 is 0 Å². The molecular formula is C20H39N. The molecule has 0 radical (unpaired) electrons. The zero-order valence-electron chi connectivity index (χ0n) is 16.4. The van der Waals surface area contributed by atoms with Crippen LogP contribution in [0.4, 0.5) is 0 Å². The average Bonchev–Trinajstić information content (AvgIpc) is 2.63. The van der Waals surface area contributed by atoms with Crippen molar-refractivity contribution in [3.8, 4) is 0 Å². The van der Waals surface area contributed by atoms with Crippen LogP contribution in [0.25, 0.3) is 10.9 Å². The Kier molecular flexibility index (Phi) is 35.9. The Balaban J connectivity index is -0.000000124. The Labute approximate surface area is 134 Å². The normalized spacial score (nSPS) is 6.81. The van der Waals surface area contributed by atoms with Gasteiger partial charge in [-0.1, -0.05) is 87.4 Å². The summed E-state index contributed by atoms with van der Waals surface area (Å²) in [6.07, 6.45) is 1.82. The summed E-state index contributed by atoms with van der Waals surface area (Å²) < 4.78 is 0. The first-order valence-corrected chi connectivity index (χ1v) is 8.68. The summed E-state index contributed by atoms with van der Waals surface area (Å²) >= 11 is 0. The molecule has 0 saturated carbocycles. The number of fused-ring (bicyclic) bond motifs is 1. The summed E-state index contributed by atoms with van der Waals surface area (Å²) in [5.74, 6) is 0. The minimum atomic E-state index is 1.08. The van der Waals surface area contributed by atoms with Crippen LogP contribution >= 0.6 is 0 Å². The number of aromatic nitrogens is 1. The van der Waals surface area contributed by atoms with Crippen LogP contribution < -0.4 is 0 Å². The van der Waals surface area contributed by atoms with Crippen molar-refractivity contribution in [1.29, 1.82) is 0 Å². The highest BCUT2D eigenvalue weighted by atomic mass is 14.6. The van der Waals surface area contributed by atoms with Crippen molar-refractivity contribution in [2.45, 2.75) is 76.2 Å². The first-order chi connectivity index (χ1) is 10.4. The molecule has 2 aromatic rings. The van der Waals surface area contributed by atoms with Crippen molar-refractivity contribution in [2.75, 3.05) is 0 Å². The summed E-state index contributed by atoms with van der Waals surface area (Å²) in [7, 11) is 0. The van der Waals surface area contributed by atoms with Gasteiger partial charge in [0, 0.05) is 11.6 Å². The third-order valence-corrected chi connectivity index (χ3v) is 1.76. The van der Waals surface area contributed by atoms with Crippen molar-refractivity contribution >= 4 is 10.9 Å². The number of nitrogens with zero attached hydrogens (tertiary/aromatic N) is 1. The molecule has 0 bridgehead atoms. The van der Waals surface area contributed by atoms with E-state index in [2.05, 4.69) is 36.2 Å². The Bertz CT molecular complexity index is 380. The second-order valence-corrected chi connectivity index (χ2v) is 2.70. The van der Waals surface area contributed by atoms with Crippen LogP contribution in [0.2, 0.25) is 0 Å². The molecule has 0 amide bonds. The molecule has 0 N–H and O–H groups in total. The van der Waals surface area contributed by atoms with Crippen LogP contribution in [0.3, 0.4) is 0 Å². The SMILES string of the molecule is CC.CC.CC.CC.CC.Cc1ccc2cccnc2c1. The van der Waals surface area contributed by atoms with E-state index in [0.717, 1.165) is 5.52 Å². The van der Waals surface area contributed by atoms with E-state index in [1.54, 1.807) is 0 Å². The van der Waals surface area contributed by atoms with E-state index in [4.69, 9.17) is 0 Å². The van der Waals surface area contributed by atoms with Crippen LogP contribution in [0.15, 0.2) is 36.5 Å². The molecule has 1 aromatic carbocycles. The lowest BCUT2D eigenvalue weighted by atomic mass is 10.1. The lowest BCUT2D eigenvalue weighted by Gasteiger charge is -1.95. The minimum Gasteiger partial charge on any atom is -0.256 e. The van der Waals surface area contributed by atoms with Crippen LogP contribution in [-0.2, 0) is 0 Å². The van der Waals surface area contributed by atoms with E-state index in [9.17, 15) is 0 Å². The molecule has 2 rings (SSSR count). The predicted molar refractivity (Wildman–Crippen MR) is 103 cm³/mol. The summed E-state index contributed by atoms with van der Waals surface area (Å²) in [6, 6.07) is 10.3. The molecule has 124 valence electrons. The molecule has 1 nitrogen and oxygen atoms in total. The number of aryl methyl sites for hydroxylation is 1. The van der Waals surface area contributed by atoms with Crippen molar-refractivity contribution in [3.63, 3.8) is 0 Å². The molecule has 21 heavy (non-hydrogen) atoms. The summed E-state index contributed by atoms with van der Waals surface area (Å²) in [5.41, 5.74) is 2.34. The van der Waals surface area contributed by atoms with Gasteiger partial charge < -0.3 is 0 Å². The monoisotopic (exact) mass is 293 g/mol. The van der Waals surface area contributed by atoms with Crippen LogP contribution in [0.1, 0.15) is 74.8 Å². The van der Waals surface area contributed by atoms with Gasteiger partial charge >= 0.3 is 0 Å². The van der Waals surface area contributed by atoms with Crippen molar-refractivity contribution < 1.29 is 0 Å². The van der Waals surface area contributed by atoms with Gasteiger partial charge in [-0.3, -0.25) is 4.98 Å². The maximum Gasteiger partial charge on any atom is 0.0704 e.